The zero-order valence-electron chi connectivity index (χ0n) is 11.0. The molecule has 2 rings (SSSR count). The van der Waals surface area contributed by atoms with Crippen molar-refractivity contribution in [2.75, 3.05) is 17.1 Å². The summed E-state index contributed by atoms with van der Waals surface area (Å²) in [7, 11) is -2.07. The van der Waals surface area contributed by atoms with Crippen LogP contribution in [-0.2, 0) is 10.0 Å². The minimum atomic E-state index is -3.70. The molecular weight excluding hydrogens is 342 g/mol. The first-order valence-electron chi connectivity index (χ1n) is 5.86. The van der Waals surface area contributed by atoms with Gasteiger partial charge in [0.2, 0.25) is 0 Å². The van der Waals surface area contributed by atoms with E-state index in [0.717, 1.165) is 5.56 Å². The van der Waals surface area contributed by atoms with Crippen molar-refractivity contribution in [1.82, 2.24) is 4.98 Å². The Morgan fingerprint density at radius 2 is 2.00 bits per heavy atom. The summed E-state index contributed by atoms with van der Waals surface area (Å²) < 4.78 is 28.1. The van der Waals surface area contributed by atoms with Crippen LogP contribution in [0.4, 0.5) is 11.5 Å². The highest BCUT2D eigenvalue weighted by atomic mass is 79.9. The summed E-state index contributed by atoms with van der Waals surface area (Å²) in [4.78, 5) is 4.11. The molecule has 0 saturated heterocycles. The van der Waals surface area contributed by atoms with E-state index in [1.54, 1.807) is 19.2 Å². The third-order valence-corrected chi connectivity index (χ3v) is 4.72. The largest absolute Gasteiger partial charge is 0.372 e. The van der Waals surface area contributed by atoms with E-state index in [2.05, 4.69) is 31.0 Å². The van der Waals surface area contributed by atoms with Crippen LogP contribution in [0.15, 0.2) is 45.9 Å². The molecule has 0 saturated carbocycles. The van der Waals surface area contributed by atoms with E-state index in [9.17, 15) is 8.42 Å². The molecule has 0 atom stereocenters. The fraction of sp³-hybridized carbons (Fsp3) is 0.154. The van der Waals surface area contributed by atoms with E-state index >= 15 is 0 Å². The van der Waals surface area contributed by atoms with Gasteiger partial charge in [-0.1, -0.05) is 6.07 Å². The van der Waals surface area contributed by atoms with Crippen molar-refractivity contribution in [3.05, 3.63) is 46.6 Å². The summed E-state index contributed by atoms with van der Waals surface area (Å²) in [5.74, 6) is 0.309. The molecule has 106 valence electrons. The number of pyridine rings is 1. The van der Waals surface area contributed by atoms with E-state index in [4.69, 9.17) is 0 Å². The molecule has 2 aromatic rings. The fourth-order valence-electron chi connectivity index (χ4n) is 1.70. The Morgan fingerprint density at radius 3 is 2.65 bits per heavy atom. The van der Waals surface area contributed by atoms with Crippen molar-refractivity contribution in [2.45, 2.75) is 11.8 Å². The predicted molar refractivity (Wildman–Crippen MR) is 83.5 cm³/mol. The summed E-state index contributed by atoms with van der Waals surface area (Å²) >= 11 is 3.35. The lowest BCUT2D eigenvalue weighted by atomic mass is 10.2. The van der Waals surface area contributed by atoms with Gasteiger partial charge in [-0.05, 0) is 52.7 Å². The number of sulfonamides is 1. The maximum absolute atomic E-state index is 12.4. The summed E-state index contributed by atoms with van der Waals surface area (Å²) in [6.07, 6.45) is 1.53. The van der Waals surface area contributed by atoms with E-state index in [1.165, 1.54) is 12.3 Å². The van der Waals surface area contributed by atoms with Gasteiger partial charge in [0.15, 0.2) is 0 Å². The second kappa shape index (κ2) is 5.80. The van der Waals surface area contributed by atoms with Gasteiger partial charge in [0.1, 0.15) is 10.7 Å². The highest BCUT2D eigenvalue weighted by molar-refractivity contribution is 9.10. The van der Waals surface area contributed by atoms with Crippen LogP contribution in [0.3, 0.4) is 0 Å². The van der Waals surface area contributed by atoms with Crippen molar-refractivity contribution >= 4 is 37.5 Å². The van der Waals surface area contributed by atoms with E-state index < -0.39 is 10.0 Å². The molecule has 1 aromatic carbocycles. The topological polar surface area (TPSA) is 71.1 Å². The van der Waals surface area contributed by atoms with Crippen LogP contribution < -0.4 is 10.0 Å². The number of halogens is 1. The van der Waals surface area contributed by atoms with Crippen molar-refractivity contribution in [1.29, 1.82) is 0 Å². The second-order valence-electron chi connectivity index (χ2n) is 4.19. The van der Waals surface area contributed by atoms with E-state index in [1.807, 2.05) is 19.1 Å². The Morgan fingerprint density at radius 1 is 1.25 bits per heavy atom. The van der Waals surface area contributed by atoms with E-state index in [-0.39, 0.29) is 4.90 Å². The smallest absolute Gasteiger partial charge is 0.265 e. The van der Waals surface area contributed by atoms with Crippen LogP contribution >= 0.6 is 15.9 Å². The molecular formula is C13H14BrN3O2S. The van der Waals surface area contributed by atoms with Crippen molar-refractivity contribution in [2.24, 2.45) is 0 Å². The molecule has 7 heteroatoms. The first-order chi connectivity index (χ1) is 9.44. The van der Waals surface area contributed by atoms with Crippen molar-refractivity contribution < 1.29 is 8.42 Å². The molecule has 0 aliphatic heterocycles. The third kappa shape index (κ3) is 3.10. The van der Waals surface area contributed by atoms with Gasteiger partial charge in [-0.3, -0.25) is 4.72 Å². The van der Waals surface area contributed by atoms with Gasteiger partial charge in [0, 0.05) is 17.7 Å². The van der Waals surface area contributed by atoms with Gasteiger partial charge in [0.25, 0.3) is 10.0 Å². The molecule has 0 amide bonds. The molecule has 0 radical (unpaired) electrons. The fourth-order valence-corrected chi connectivity index (χ4v) is 3.67. The zero-order chi connectivity index (χ0) is 14.8. The lowest BCUT2D eigenvalue weighted by Gasteiger charge is -2.12. The van der Waals surface area contributed by atoms with Crippen LogP contribution in [0, 0.1) is 6.92 Å². The minimum Gasteiger partial charge on any atom is -0.372 e. The number of nitrogens with zero attached hydrogens (tertiary/aromatic N) is 1. The highest BCUT2D eigenvalue weighted by Gasteiger charge is 2.19. The monoisotopic (exact) mass is 355 g/mol. The van der Waals surface area contributed by atoms with Gasteiger partial charge in [0.05, 0.1) is 5.69 Å². The Labute approximate surface area is 126 Å². The number of aryl methyl sites for hydroxylation is 1. The number of rotatable bonds is 4. The molecule has 0 spiro atoms. The van der Waals surface area contributed by atoms with Gasteiger partial charge < -0.3 is 5.32 Å². The van der Waals surface area contributed by atoms with Gasteiger partial charge in [-0.2, -0.15) is 0 Å². The lowest BCUT2D eigenvalue weighted by molar-refractivity contribution is 0.601. The molecule has 0 aliphatic carbocycles. The Kier molecular flexibility index (Phi) is 4.29. The van der Waals surface area contributed by atoms with Crippen LogP contribution in [0.1, 0.15) is 5.56 Å². The third-order valence-electron chi connectivity index (χ3n) is 2.67. The molecule has 1 heterocycles. The number of hydrogen-bond acceptors (Lipinski definition) is 4. The highest BCUT2D eigenvalue weighted by Crippen LogP contribution is 2.27. The van der Waals surface area contributed by atoms with Crippen molar-refractivity contribution in [3.8, 4) is 0 Å². The van der Waals surface area contributed by atoms with Gasteiger partial charge in [-0.15, -0.1) is 0 Å². The number of hydrogen-bond donors (Lipinski definition) is 2. The summed E-state index contributed by atoms with van der Waals surface area (Å²) in [6, 6.07) is 8.49. The molecule has 2 N–H and O–H groups in total. The average Bonchev–Trinajstić information content (AvgIpc) is 2.42. The lowest BCUT2D eigenvalue weighted by Crippen LogP contribution is -2.15. The average molecular weight is 356 g/mol. The first kappa shape index (κ1) is 14.8. The van der Waals surface area contributed by atoms with Crippen molar-refractivity contribution in [3.63, 3.8) is 0 Å². The van der Waals surface area contributed by atoms with Crippen LogP contribution in [0.5, 0.6) is 0 Å². The second-order valence-corrected chi connectivity index (χ2v) is 6.69. The SMILES string of the molecule is CNc1ncccc1S(=O)(=O)Nc1ccc(C)cc1Br. The number of nitrogens with one attached hydrogen (secondary N) is 2. The summed E-state index contributed by atoms with van der Waals surface area (Å²) in [5.41, 5.74) is 1.53. The maximum Gasteiger partial charge on any atom is 0.265 e. The number of aromatic nitrogens is 1. The van der Waals surface area contributed by atoms with Gasteiger partial charge >= 0.3 is 0 Å². The van der Waals surface area contributed by atoms with E-state index in [0.29, 0.717) is 16.0 Å². The molecule has 1 aromatic heterocycles. The van der Waals surface area contributed by atoms with Crippen LogP contribution in [0.2, 0.25) is 0 Å². The number of benzene rings is 1. The Hall–Kier alpha value is -1.60. The molecule has 0 aliphatic rings. The maximum atomic E-state index is 12.4. The Balaban J connectivity index is 2.41. The molecule has 0 fully saturated rings. The molecule has 0 bridgehead atoms. The minimum absolute atomic E-state index is 0.106. The molecule has 20 heavy (non-hydrogen) atoms. The predicted octanol–water partition coefficient (Wildman–Crippen LogP) is 3.00. The summed E-state index contributed by atoms with van der Waals surface area (Å²) in [5, 5.41) is 2.77. The standard InChI is InChI=1S/C13H14BrN3O2S/c1-9-5-6-11(10(14)8-9)17-20(18,19)12-4-3-7-16-13(12)15-2/h3-8,17H,1-2H3,(H,15,16). The first-order valence-corrected chi connectivity index (χ1v) is 8.13. The number of anilines is 2. The zero-order valence-corrected chi connectivity index (χ0v) is 13.4. The van der Waals surface area contributed by atoms with Gasteiger partial charge in [-0.25, -0.2) is 13.4 Å². The molecule has 5 nitrogen and oxygen atoms in total. The van der Waals surface area contributed by atoms with Crippen LogP contribution in [-0.4, -0.2) is 20.4 Å². The summed E-state index contributed by atoms with van der Waals surface area (Å²) in [6.45, 7) is 1.93. The van der Waals surface area contributed by atoms with Crippen LogP contribution in [0.25, 0.3) is 0 Å². The molecule has 0 unspecified atom stereocenters. The normalized spacial score (nSPS) is 11.2. The quantitative estimate of drug-likeness (QED) is 0.884. The Bertz CT molecular complexity index is 732.